The minimum atomic E-state index is -6.00. The predicted molar refractivity (Wildman–Crippen MR) is 129 cm³/mol. The molecule has 6 aromatic rings. The molecule has 0 bridgehead atoms. The molecule has 0 aliphatic rings. The zero-order valence-corrected chi connectivity index (χ0v) is 18.0. The van der Waals surface area contributed by atoms with Crippen LogP contribution in [-0.2, 0) is 0 Å². The molecular weight excluding hydrogens is 439 g/mol. The fraction of sp³-hybridized carbons (Fsp3) is 0. The number of rotatable bonds is 2. The van der Waals surface area contributed by atoms with Crippen molar-refractivity contribution in [2.75, 3.05) is 0 Å². The van der Waals surface area contributed by atoms with E-state index >= 15 is 0 Å². The summed E-state index contributed by atoms with van der Waals surface area (Å²) >= 11 is 0. The van der Waals surface area contributed by atoms with Crippen LogP contribution in [0.2, 0.25) is 0 Å². The molecule has 6 rings (SSSR count). The summed E-state index contributed by atoms with van der Waals surface area (Å²) in [6.45, 7) is 0. The van der Waals surface area contributed by atoms with E-state index < -0.39 is 7.25 Å². The van der Waals surface area contributed by atoms with Crippen molar-refractivity contribution in [3.63, 3.8) is 0 Å². The maximum Gasteiger partial charge on any atom is 0.673 e. The Hall–Kier alpha value is -4.13. The first kappa shape index (κ1) is 21.7. The van der Waals surface area contributed by atoms with Crippen molar-refractivity contribution in [2.24, 2.45) is 0 Å². The summed E-state index contributed by atoms with van der Waals surface area (Å²) in [4.78, 5) is 0. The molecule has 168 valence electrons. The lowest BCUT2D eigenvalue weighted by molar-refractivity contribution is -0.501. The first-order valence-electron chi connectivity index (χ1n) is 10.8. The van der Waals surface area contributed by atoms with Crippen molar-refractivity contribution in [3.05, 3.63) is 115 Å². The highest BCUT2D eigenvalue weighted by molar-refractivity contribution is 6.50. The van der Waals surface area contributed by atoms with E-state index in [4.69, 9.17) is 0 Å². The normalized spacial score (nSPS) is 11.5. The third-order valence-electron chi connectivity index (χ3n) is 5.62. The molecule has 0 spiro atoms. The van der Waals surface area contributed by atoms with Crippen LogP contribution in [0.5, 0.6) is 0 Å². The molecule has 0 radical (unpaired) electrons. The van der Waals surface area contributed by atoms with Crippen molar-refractivity contribution in [2.45, 2.75) is 0 Å². The van der Waals surface area contributed by atoms with Crippen LogP contribution in [0.15, 0.2) is 115 Å². The predicted octanol–water partition coefficient (Wildman–Crippen LogP) is 7.47. The van der Waals surface area contributed by atoms with Crippen molar-refractivity contribution in [1.29, 1.82) is 0 Å². The van der Waals surface area contributed by atoms with Crippen LogP contribution < -0.4 is 4.40 Å². The molecule has 3 aromatic heterocycles. The van der Waals surface area contributed by atoms with Gasteiger partial charge in [0.05, 0.1) is 11.8 Å². The number of para-hydroxylation sites is 1. The first-order valence-corrected chi connectivity index (χ1v) is 10.8. The molecule has 7 heteroatoms. The van der Waals surface area contributed by atoms with Crippen LogP contribution in [0.3, 0.4) is 0 Å². The molecule has 0 saturated carbocycles. The Morgan fingerprint density at radius 2 is 1.15 bits per heavy atom. The number of pyridine rings is 1. The molecule has 3 heterocycles. The lowest BCUT2D eigenvalue weighted by Gasteiger charge is -2.12. The average molecular weight is 458 g/mol. The smallest absolute Gasteiger partial charge is 0.418 e. The van der Waals surface area contributed by atoms with Crippen molar-refractivity contribution < 1.29 is 21.7 Å². The van der Waals surface area contributed by atoms with E-state index in [1.54, 1.807) is 0 Å². The van der Waals surface area contributed by atoms with Gasteiger partial charge in [0.2, 0.25) is 0 Å². The number of hydrogen-bond acceptors (Lipinski definition) is 0. The number of nitrogens with zero attached hydrogens (tertiary/aromatic N) is 2. The summed E-state index contributed by atoms with van der Waals surface area (Å²) in [5.41, 5.74) is 8.49. The fourth-order valence-electron chi connectivity index (χ4n) is 4.40. The number of aromatic nitrogens is 2. The van der Waals surface area contributed by atoms with Crippen LogP contribution in [0.4, 0.5) is 17.3 Å². The quantitative estimate of drug-likeness (QED) is 0.145. The minimum absolute atomic E-state index is 1.15. The zero-order chi connectivity index (χ0) is 23.7. The highest BCUT2D eigenvalue weighted by atomic mass is 19.5. The third-order valence-corrected chi connectivity index (χ3v) is 5.62. The van der Waals surface area contributed by atoms with Gasteiger partial charge in [-0.05, 0) is 23.8 Å². The van der Waals surface area contributed by atoms with Gasteiger partial charge in [0, 0.05) is 17.0 Å². The molecule has 0 aliphatic carbocycles. The lowest BCUT2D eigenvalue weighted by atomic mass is 9.98. The molecule has 0 saturated heterocycles. The van der Waals surface area contributed by atoms with E-state index in [-0.39, 0.29) is 0 Å². The van der Waals surface area contributed by atoms with Crippen molar-refractivity contribution >= 4 is 29.3 Å². The van der Waals surface area contributed by atoms with E-state index in [0.29, 0.717) is 0 Å². The number of hydrogen-bond donors (Lipinski definition) is 0. The monoisotopic (exact) mass is 458 g/mol. The summed E-state index contributed by atoms with van der Waals surface area (Å²) < 4.78 is 43.7. The Bertz CT molecular complexity index is 1590. The van der Waals surface area contributed by atoms with Gasteiger partial charge in [-0.25, -0.2) is 0 Å². The Labute approximate surface area is 193 Å². The second kappa shape index (κ2) is 8.67. The van der Waals surface area contributed by atoms with Gasteiger partial charge < -0.3 is 17.3 Å². The van der Waals surface area contributed by atoms with E-state index in [1.807, 2.05) is 0 Å². The van der Waals surface area contributed by atoms with Crippen molar-refractivity contribution in [1.82, 2.24) is 4.40 Å². The van der Waals surface area contributed by atoms with E-state index in [0.717, 1.165) is 5.65 Å². The van der Waals surface area contributed by atoms with Gasteiger partial charge in [0.25, 0.3) is 5.65 Å². The van der Waals surface area contributed by atoms with Gasteiger partial charge in [0.15, 0.2) is 5.69 Å². The number of fused-ring (bicyclic) bond motifs is 5. The van der Waals surface area contributed by atoms with Crippen LogP contribution in [0, 0.1) is 0 Å². The second-order valence-corrected chi connectivity index (χ2v) is 7.80. The summed E-state index contributed by atoms with van der Waals surface area (Å²) in [5.74, 6) is 0. The van der Waals surface area contributed by atoms with Gasteiger partial charge in [-0.2, -0.15) is 8.80 Å². The summed E-state index contributed by atoms with van der Waals surface area (Å²) in [5, 5.41) is 1.25. The number of halogens is 4. The molecule has 0 unspecified atom stereocenters. The Morgan fingerprint density at radius 1 is 0.588 bits per heavy atom. The molecule has 3 aromatic carbocycles. The van der Waals surface area contributed by atoms with Gasteiger partial charge >= 0.3 is 7.25 Å². The van der Waals surface area contributed by atoms with Crippen LogP contribution in [0.1, 0.15) is 0 Å². The third kappa shape index (κ3) is 4.12. The van der Waals surface area contributed by atoms with Crippen LogP contribution in [0.25, 0.3) is 44.5 Å². The molecule has 0 aliphatic heterocycles. The second-order valence-electron chi connectivity index (χ2n) is 7.80. The average Bonchev–Trinajstić information content (AvgIpc) is 3.23. The molecule has 0 atom stereocenters. The van der Waals surface area contributed by atoms with Crippen LogP contribution in [-0.4, -0.2) is 11.7 Å². The molecule has 0 N–H and O–H groups in total. The highest BCUT2D eigenvalue weighted by Gasteiger charge is 2.25. The largest absolute Gasteiger partial charge is 0.673 e. The minimum Gasteiger partial charge on any atom is -0.418 e. The van der Waals surface area contributed by atoms with Crippen molar-refractivity contribution in [3.8, 4) is 22.4 Å². The molecule has 34 heavy (non-hydrogen) atoms. The topological polar surface area (TPSA) is 8.51 Å². The summed E-state index contributed by atoms with van der Waals surface area (Å²) in [6, 6.07) is 38.7. The first-order chi connectivity index (χ1) is 16.4. The zero-order valence-electron chi connectivity index (χ0n) is 18.0. The Kier molecular flexibility index (Phi) is 5.53. The Morgan fingerprint density at radius 3 is 1.82 bits per heavy atom. The SMILES string of the molecule is F[B-](F)(F)F.c1ccc(-c2c(-c3ccccc3)[n+]3ccccc3n3c2cc2ccccc23)cc1. The van der Waals surface area contributed by atoms with Gasteiger partial charge in [0.1, 0.15) is 11.0 Å². The van der Waals surface area contributed by atoms with Crippen LogP contribution >= 0.6 is 0 Å². The maximum atomic E-state index is 9.75. The van der Waals surface area contributed by atoms with E-state index in [2.05, 4.69) is 124 Å². The molecular formula is C27H19BF4N2. The molecule has 2 nitrogen and oxygen atoms in total. The van der Waals surface area contributed by atoms with Gasteiger partial charge in [-0.15, -0.1) is 0 Å². The highest BCUT2D eigenvalue weighted by Crippen LogP contribution is 2.36. The van der Waals surface area contributed by atoms with E-state index in [1.165, 1.54) is 38.8 Å². The van der Waals surface area contributed by atoms with Gasteiger partial charge in [-0.3, -0.25) is 0 Å². The molecule has 0 amide bonds. The summed E-state index contributed by atoms with van der Waals surface area (Å²) in [6.07, 6.45) is 2.16. The lowest BCUT2D eigenvalue weighted by Crippen LogP contribution is -2.28. The maximum absolute atomic E-state index is 9.75. The standard InChI is InChI=1S/C27H19N2.BF4/c1-3-11-20(12-4-1)26-24-19-22-15-7-8-16-23(22)29(24)25-17-9-10-18-28(25)27(26)21-13-5-2-6-14-21;2-1(3,4)5/h1-19H;/q+1;-1. The fourth-order valence-corrected chi connectivity index (χ4v) is 4.40. The van der Waals surface area contributed by atoms with Gasteiger partial charge in [-0.1, -0.05) is 84.9 Å². The Balaban J connectivity index is 0.000000439. The van der Waals surface area contributed by atoms with E-state index in [9.17, 15) is 17.3 Å². The number of benzene rings is 3. The summed E-state index contributed by atoms with van der Waals surface area (Å²) in [7, 11) is -6.00. The molecule has 0 fully saturated rings.